The van der Waals surface area contributed by atoms with Crippen LogP contribution in [-0.2, 0) is 4.74 Å². The Balaban J connectivity index is 3.48. The van der Waals surface area contributed by atoms with Gasteiger partial charge in [0.2, 0.25) is 0 Å². The molecule has 0 heterocycles. The molecule has 66 valence electrons. The summed E-state index contributed by atoms with van der Waals surface area (Å²) in [5.74, 6) is 0. The van der Waals surface area contributed by atoms with Gasteiger partial charge in [-0.25, -0.2) is 0 Å². The summed E-state index contributed by atoms with van der Waals surface area (Å²) in [5, 5.41) is 3.29. The highest BCUT2D eigenvalue weighted by molar-refractivity contribution is 4.66. The van der Waals surface area contributed by atoms with Crippen molar-refractivity contribution in [1.29, 1.82) is 0 Å². The Labute approximate surface area is 69.6 Å². The van der Waals surface area contributed by atoms with Gasteiger partial charge in [0.05, 0.1) is 6.61 Å². The molecule has 0 spiro atoms. The van der Waals surface area contributed by atoms with Gasteiger partial charge in [-0.3, -0.25) is 5.32 Å². The second kappa shape index (κ2) is 6.38. The molecule has 1 N–H and O–H groups in total. The van der Waals surface area contributed by atoms with E-state index in [1.165, 1.54) is 0 Å². The maximum Gasteiger partial charge on any atom is 0.108 e. The van der Waals surface area contributed by atoms with E-state index in [0.717, 1.165) is 6.42 Å². The Hall–Kier alpha value is -0.340. The molecule has 0 amide bonds. The monoisotopic (exact) mass is 157 g/mol. The molecule has 0 aliphatic heterocycles. The molecule has 1 unspecified atom stereocenters. The normalized spacial score (nSPS) is 13.5. The lowest BCUT2D eigenvalue weighted by Crippen LogP contribution is -2.36. The van der Waals surface area contributed by atoms with Gasteiger partial charge in [0.15, 0.2) is 0 Å². The minimum atomic E-state index is 0.174. The van der Waals surface area contributed by atoms with E-state index in [1.807, 2.05) is 0 Å². The van der Waals surface area contributed by atoms with Crippen LogP contribution in [0.4, 0.5) is 0 Å². The molecule has 0 aromatic carbocycles. The van der Waals surface area contributed by atoms with Gasteiger partial charge < -0.3 is 4.74 Å². The van der Waals surface area contributed by atoms with E-state index in [4.69, 9.17) is 4.74 Å². The fourth-order valence-corrected chi connectivity index (χ4v) is 0.840. The van der Waals surface area contributed by atoms with Crippen LogP contribution in [-0.4, -0.2) is 18.9 Å². The number of hydrogen-bond acceptors (Lipinski definition) is 2. The number of rotatable bonds is 6. The van der Waals surface area contributed by atoms with E-state index in [0.29, 0.717) is 12.6 Å². The predicted molar refractivity (Wildman–Crippen MR) is 48.5 cm³/mol. The summed E-state index contributed by atoms with van der Waals surface area (Å²) in [6, 6.07) is 0.477. The maximum atomic E-state index is 5.42. The molecule has 0 bridgehead atoms. The first kappa shape index (κ1) is 10.7. The molecule has 2 heteroatoms. The Bertz CT molecular complexity index is 102. The third-order valence-electron chi connectivity index (χ3n) is 1.31. The molecule has 0 aliphatic carbocycles. The Morgan fingerprint density at radius 3 is 2.55 bits per heavy atom. The zero-order valence-electron chi connectivity index (χ0n) is 7.76. The second-order valence-corrected chi connectivity index (χ2v) is 2.84. The molecule has 1 atom stereocenters. The van der Waals surface area contributed by atoms with Gasteiger partial charge >= 0.3 is 0 Å². The summed E-state index contributed by atoms with van der Waals surface area (Å²) in [6.45, 7) is 10.5. The van der Waals surface area contributed by atoms with Crippen LogP contribution in [0.15, 0.2) is 12.7 Å². The standard InChI is InChI=1S/C9H19NO/c1-5-7-11-9(6-2)10-8(3)4/h5,8-10H,1,6-7H2,2-4H3. The van der Waals surface area contributed by atoms with Crippen LogP contribution >= 0.6 is 0 Å². The lowest BCUT2D eigenvalue weighted by molar-refractivity contribution is 0.0397. The highest BCUT2D eigenvalue weighted by atomic mass is 16.5. The van der Waals surface area contributed by atoms with Crippen molar-refractivity contribution in [3.63, 3.8) is 0 Å². The van der Waals surface area contributed by atoms with Crippen LogP contribution in [0.5, 0.6) is 0 Å². The van der Waals surface area contributed by atoms with Crippen molar-refractivity contribution >= 4 is 0 Å². The SMILES string of the molecule is C=CCOC(CC)NC(C)C. The molecular weight excluding hydrogens is 138 g/mol. The highest BCUT2D eigenvalue weighted by Gasteiger charge is 2.05. The minimum absolute atomic E-state index is 0.174. The summed E-state index contributed by atoms with van der Waals surface area (Å²) in [5.41, 5.74) is 0. The van der Waals surface area contributed by atoms with Crippen LogP contribution < -0.4 is 5.32 Å². The molecule has 0 aromatic heterocycles. The fourth-order valence-electron chi connectivity index (χ4n) is 0.840. The molecule has 0 saturated heterocycles. The lowest BCUT2D eigenvalue weighted by atomic mass is 10.3. The van der Waals surface area contributed by atoms with E-state index >= 15 is 0 Å². The lowest BCUT2D eigenvalue weighted by Gasteiger charge is -2.19. The number of nitrogens with one attached hydrogen (secondary N) is 1. The highest BCUT2D eigenvalue weighted by Crippen LogP contribution is 1.95. The van der Waals surface area contributed by atoms with Crippen molar-refractivity contribution in [2.75, 3.05) is 6.61 Å². The Morgan fingerprint density at radius 1 is 1.55 bits per heavy atom. The molecule has 0 aromatic rings. The third-order valence-corrected chi connectivity index (χ3v) is 1.31. The molecule has 2 nitrogen and oxygen atoms in total. The molecule has 0 radical (unpaired) electrons. The van der Waals surface area contributed by atoms with Gasteiger partial charge in [-0.05, 0) is 20.3 Å². The smallest absolute Gasteiger partial charge is 0.108 e. The zero-order chi connectivity index (χ0) is 8.69. The van der Waals surface area contributed by atoms with E-state index in [9.17, 15) is 0 Å². The first-order chi connectivity index (χ1) is 5.20. The van der Waals surface area contributed by atoms with Gasteiger partial charge in [0.1, 0.15) is 6.23 Å². The molecule has 0 aliphatic rings. The van der Waals surface area contributed by atoms with Crippen molar-refractivity contribution in [1.82, 2.24) is 5.32 Å². The molecule has 0 fully saturated rings. The summed E-state index contributed by atoms with van der Waals surface area (Å²) in [7, 11) is 0. The van der Waals surface area contributed by atoms with Crippen LogP contribution in [0.2, 0.25) is 0 Å². The van der Waals surface area contributed by atoms with Crippen LogP contribution in [0, 0.1) is 0 Å². The maximum absolute atomic E-state index is 5.42. The quantitative estimate of drug-likeness (QED) is 0.470. The Kier molecular flexibility index (Phi) is 6.18. The predicted octanol–water partition coefficient (Wildman–Crippen LogP) is 1.92. The van der Waals surface area contributed by atoms with Crippen LogP contribution in [0.1, 0.15) is 27.2 Å². The average Bonchev–Trinajstić information content (AvgIpc) is 1.97. The third kappa shape index (κ3) is 6.07. The summed E-state index contributed by atoms with van der Waals surface area (Å²) >= 11 is 0. The second-order valence-electron chi connectivity index (χ2n) is 2.84. The molecule has 0 rings (SSSR count). The van der Waals surface area contributed by atoms with E-state index in [2.05, 4.69) is 32.7 Å². The van der Waals surface area contributed by atoms with Gasteiger partial charge in [0, 0.05) is 6.04 Å². The Morgan fingerprint density at radius 2 is 2.18 bits per heavy atom. The molecule has 0 saturated carbocycles. The summed E-state index contributed by atoms with van der Waals surface area (Å²) < 4.78 is 5.42. The van der Waals surface area contributed by atoms with Crippen molar-refractivity contribution in [2.24, 2.45) is 0 Å². The summed E-state index contributed by atoms with van der Waals surface area (Å²) in [6.07, 6.45) is 2.93. The van der Waals surface area contributed by atoms with Crippen LogP contribution in [0.25, 0.3) is 0 Å². The van der Waals surface area contributed by atoms with Crippen molar-refractivity contribution < 1.29 is 4.74 Å². The molecular formula is C9H19NO. The fraction of sp³-hybridized carbons (Fsp3) is 0.778. The van der Waals surface area contributed by atoms with Crippen molar-refractivity contribution in [2.45, 2.75) is 39.5 Å². The first-order valence-corrected chi connectivity index (χ1v) is 4.19. The van der Waals surface area contributed by atoms with Gasteiger partial charge in [0.25, 0.3) is 0 Å². The zero-order valence-corrected chi connectivity index (χ0v) is 7.76. The van der Waals surface area contributed by atoms with Crippen molar-refractivity contribution in [3.8, 4) is 0 Å². The van der Waals surface area contributed by atoms with Gasteiger partial charge in [-0.1, -0.05) is 13.0 Å². The van der Waals surface area contributed by atoms with Crippen molar-refractivity contribution in [3.05, 3.63) is 12.7 Å². The van der Waals surface area contributed by atoms with E-state index in [1.54, 1.807) is 6.08 Å². The van der Waals surface area contributed by atoms with E-state index < -0.39 is 0 Å². The first-order valence-electron chi connectivity index (χ1n) is 4.19. The number of ether oxygens (including phenoxy) is 1. The largest absolute Gasteiger partial charge is 0.359 e. The van der Waals surface area contributed by atoms with Gasteiger partial charge in [-0.2, -0.15) is 0 Å². The minimum Gasteiger partial charge on any atom is -0.359 e. The van der Waals surface area contributed by atoms with E-state index in [-0.39, 0.29) is 6.23 Å². The summed E-state index contributed by atoms with van der Waals surface area (Å²) in [4.78, 5) is 0. The molecule has 11 heavy (non-hydrogen) atoms. The average molecular weight is 157 g/mol. The van der Waals surface area contributed by atoms with Crippen LogP contribution in [0.3, 0.4) is 0 Å². The number of hydrogen-bond donors (Lipinski definition) is 1. The topological polar surface area (TPSA) is 21.3 Å². The van der Waals surface area contributed by atoms with Gasteiger partial charge in [-0.15, -0.1) is 6.58 Å².